The van der Waals surface area contributed by atoms with Crippen molar-refractivity contribution in [2.45, 2.75) is 25.1 Å². The molecule has 2 aromatic rings. The van der Waals surface area contributed by atoms with Crippen molar-refractivity contribution in [1.29, 1.82) is 0 Å². The van der Waals surface area contributed by atoms with Crippen molar-refractivity contribution >= 4 is 47.4 Å². The predicted molar refractivity (Wildman–Crippen MR) is 109 cm³/mol. The summed E-state index contributed by atoms with van der Waals surface area (Å²) in [5.74, 6) is 0. The Morgan fingerprint density at radius 3 is 2.30 bits per heavy atom. The summed E-state index contributed by atoms with van der Waals surface area (Å²) in [6.45, 7) is 1.24. The van der Waals surface area contributed by atoms with Crippen LogP contribution in [0.2, 0.25) is 0 Å². The molecule has 0 saturated carbocycles. The average Bonchev–Trinajstić information content (AvgIpc) is 2.48. The smallest absolute Gasteiger partial charge is 0.0818 e. The van der Waals surface area contributed by atoms with Crippen LogP contribution in [0.5, 0.6) is 0 Å². The Morgan fingerprint density at radius 2 is 1.65 bits per heavy atom. The van der Waals surface area contributed by atoms with Crippen LogP contribution in [-0.4, -0.2) is 23.8 Å². The van der Waals surface area contributed by atoms with Crippen molar-refractivity contribution in [3.63, 3.8) is 0 Å². The lowest BCUT2D eigenvalue weighted by Crippen LogP contribution is -2.42. The molecular formula is C17H23Cl2IN2O. The van der Waals surface area contributed by atoms with E-state index in [4.69, 9.17) is 5.73 Å². The number of benzene rings is 2. The number of aliphatic hydroxyl groups is 1. The van der Waals surface area contributed by atoms with Gasteiger partial charge in [-0.2, -0.15) is 0 Å². The molecule has 0 aliphatic rings. The Hall–Kier alpha value is -0.370. The summed E-state index contributed by atoms with van der Waals surface area (Å²) in [4.78, 5) is 0. The molecule has 0 fully saturated rings. The summed E-state index contributed by atoms with van der Waals surface area (Å²) >= 11 is 2.30. The van der Waals surface area contributed by atoms with Crippen molar-refractivity contribution in [3.05, 3.63) is 69.3 Å². The van der Waals surface area contributed by atoms with E-state index < -0.39 is 6.10 Å². The molecule has 0 bridgehead atoms. The van der Waals surface area contributed by atoms with E-state index in [0.29, 0.717) is 13.0 Å². The van der Waals surface area contributed by atoms with Gasteiger partial charge in [0.2, 0.25) is 0 Å². The van der Waals surface area contributed by atoms with Crippen molar-refractivity contribution in [3.8, 4) is 0 Å². The van der Waals surface area contributed by atoms with Gasteiger partial charge in [0.15, 0.2) is 0 Å². The van der Waals surface area contributed by atoms with Gasteiger partial charge in [0.1, 0.15) is 0 Å². The van der Waals surface area contributed by atoms with Crippen LogP contribution >= 0.6 is 47.4 Å². The molecule has 0 aliphatic heterocycles. The van der Waals surface area contributed by atoms with E-state index >= 15 is 0 Å². The highest BCUT2D eigenvalue weighted by Gasteiger charge is 2.14. The third-order valence-corrected chi connectivity index (χ3v) is 4.05. The molecule has 0 radical (unpaired) electrons. The van der Waals surface area contributed by atoms with Crippen molar-refractivity contribution in [2.75, 3.05) is 6.54 Å². The Balaban J connectivity index is 0.00000242. The first kappa shape index (κ1) is 22.6. The van der Waals surface area contributed by atoms with E-state index in [-0.39, 0.29) is 30.9 Å². The predicted octanol–water partition coefficient (Wildman–Crippen LogP) is 3.16. The molecule has 0 aliphatic carbocycles. The first-order valence-corrected chi connectivity index (χ1v) is 8.16. The van der Waals surface area contributed by atoms with Crippen molar-refractivity contribution < 1.29 is 5.11 Å². The van der Waals surface area contributed by atoms with Crippen LogP contribution in [0, 0.1) is 3.57 Å². The number of halogens is 3. The SMILES string of the molecule is Cl.Cl.N[C@@H](Cc1ccccc1)[C@H](O)CNCc1cccc(I)c1. The highest BCUT2D eigenvalue weighted by molar-refractivity contribution is 14.1. The highest BCUT2D eigenvalue weighted by Crippen LogP contribution is 2.08. The molecule has 0 spiro atoms. The minimum absolute atomic E-state index is 0. The molecule has 0 saturated heterocycles. The Kier molecular flexibility index (Phi) is 11.9. The molecule has 2 atom stereocenters. The zero-order valence-corrected chi connectivity index (χ0v) is 16.5. The van der Waals surface area contributed by atoms with Crippen LogP contribution in [0.25, 0.3) is 0 Å². The number of rotatable bonds is 7. The maximum absolute atomic E-state index is 10.1. The topological polar surface area (TPSA) is 58.3 Å². The van der Waals surface area contributed by atoms with E-state index in [9.17, 15) is 5.11 Å². The van der Waals surface area contributed by atoms with Crippen LogP contribution in [0.4, 0.5) is 0 Å². The molecule has 2 rings (SSSR count). The summed E-state index contributed by atoms with van der Waals surface area (Å²) in [6.07, 6.45) is 0.139. The number of hydrogen-bond acceptors (Lipinski definition) is 3. The van der Waals surface area contributed by atoms with E-state index in [0.717, 1.165) is 12.1 Å². The van der Waals surface area contributed by atoms with Gasteiger partial charge in [0.05, 0.1) is 6.10 Å². The molecule has 6 heteroatoms. The van der Waals surface area contributed by atoms with Crippen LogP contribution in [0.15, 0.2) is 54.6 Å². The number of nitrogens with one attached hydrogen (secondary N) is 1. The number of hydrogen-bond donors (Lipinski definition) is 3. The second-order valence-corrected chi connectivity index (χ2v) is 6.43. The van der Waals surface area contributed by atoms with Gasteiger partial charge in [-0.05, 0) is 52.3 Å². The Labute approximate surface area is 164 Å². The zero-order chi connectivity index (χ0) is 15.1. The first-order chi connectivity index (χ1) is 10.1. The van der Waals surface area contributed by atoms with E-state index in [1.54, 1.807) is 0 Å². The van der Waals surface area contributed by atoms with Crippen LogP contribution < -0.4 is 11.1 Å². The fraction of sp³-hybridized carbons (Fsp3) is 0.294. The minimum Gasteiger partial charge on any atom is -0.390 e. The summed E-state index contributed by atoms with van der Waals surface area (Å²) in [6, 6.07) is 18.1. The molecular weight excluding hydrogens is 446 g/mol. The summed E-state index contributed by atoms with van der Waals surface area (Å²) in [5.41, 5.74) is 8.43. The van der Waals surface area contributed by atoms with E-state index in [1.165, 1.54) is 9.13 Å². The lowest BCUT2D eigenvalue weighted by molar-refractivity contribution is 0.141. The van der Waals surface area contributed by atoms with Gasteiger partial charge in [0, 0.05) is 22.7 Å². The van der Waals surface area contributed by atoms with Gasteiger partial charge < -0.3 is 16.2 Å². The number of aliphatic hydroxyl groups excluding tert-OH is 1. The third-order valence-electron chi connectivity index (χ3n) is 3.38. The molecule has 23 heavy (non-hydrogen) atoms. The van der Waals surface area contributed by atoms with E-state index in [1.807, 2.05) is 36.4 Å². The monoisotopic (exact) mass is 468 g/mol. The molecule has 2 aromatic carbocycles. The minimum atomic E-state index is -0.548. The normalized spacial score (nSPS) is 12.7. The third kappa shape index (κ3) is 8.33. The van der Waals surface area contributed by atoms with Crippen LogP contribution in [0.3, 0.4) is 0 Å². The second kappa shape index (κ2) is 12.1. The zero-order valence-electron chi connectivity index (χ0n) is 12.7. The maximum atomic E-state index is 10.1. The van der Waals surface area contributed by atoms with Gasteiger partial charge in [-0.3, -0.25) is 0 Å². The van der Waals surface area contributed by atoms with Gasteiger partial charge in [-0.1, -0.05) is 42.5 Å². The molecule has 0 aromatic heterocycles. The number of nitrogens with two attached hydrogens (primary N) is 1. The lowest BCUT2D eigenvalue weighted by Gasteiger charge is -2.19. The highest BCUT2D eigenvalue weighted by atomic mass is 127. The lowest BCUT2D eigenvalue weighted by atomic mass is 10.0. The molecule has 0 amide bonds. The largest absolute Gasteiger partial charge is 0.390 e. The molecule has 3 nitrogen and oxygen atoms in total. The van der Waals surface area contributed by atoms with Crippen LogP contribution in [-0.2, 0) is 13.0 Å². The fourth-order valence-corrected chi connectivity index (χ4v) is 2.79. The van der Waals surface area contributed by atoms with Crippen molar-refractivity contribution in [1.82, 2.24) is 5.32 Å². The molecule has 4 N–H and O–H groups in total. The second-order valence-electron chi connectivity index (χ2n) is 5.18. The van der Waals surface area contributed by atoms with E-state index in [2.05, 4.69) is 46.1 Å². The quantitative estimate of drug-likeness (QED) is 0.547. The molecule has 128 valence electrons. The summed E-state index contributed by atoms with van der Waals surface area (Å²) in [7, 11) is 0. The Bertz CT molecular complexity index is 557. The van der Waals surface area contributed by atoms with Gasteiger partial charge in [-0.15, -0.1) is 24.8 Å². The van der Waals surface area contributed by atoms with Crippen LogP contribution in [0.1, 0.15) is 11.1 Å². The van der Waals surface area contributed by atoms with Gasteiger partial charge >= 0.3 is 0 Å². The summed E-state index contributed by atoms with van der Waals surface area (Å²) < 4.78 is 1.22. The first-order valence-electron chi connectivity index (χ1n) is 7.08. The average molecular weight is 469 g/mol. The van der Waals surface area contributed by atoms with Gasteiger partial charge in [0.25, 0.3) is 0 Å². The maximum Gasteiger partial charge on any atom is 0.0818 e. The fourth-order valence-electron chi connectivity index (χ4n) is 2.18. The Morgan fingerprint density at radius 1 is 1.00 bits per heavy atom. The molecule has 0 heterocycles. The molecule has 0 unspecified atom stereocenters. The standard InChI is InChI=1S/C17H21IN2O.2ClH/c18-15-8-4-7-14(9-15)11-20-12-17(21)16(19)10-13-5-2-1-3-6-13;;/h1-9,16-17,20-21H,10-12,19H2;2*1H/t16-,17+;;/m0../s1. The van der Waals surface area contributed by atoms with Crippen molar-refractivity contribution in [2.24, 2.45) is 5.73 Å². The van der Waals surface area contributed by atoms with Gasteiger partial charge in [-0.25, -0.2) is 0 Å². The summed E-state index contributed by atoms with van der Waals surface area (Å²) in [5, 5.41) is 13.4.